The maximum Gasteiger partial charge on any atom is 0.251 e. The summed E-state index contributed by atoms with van der Waals surface area (Å²) in [4.78, 5) is 16.4. The molecule has 23 heavy (non-hydrogen) atoms. The molecule has 0 aliphatic rings. The fraction of sp³-hybridized carbons (Fsp3) is 0.294. The molecule has 1 N–H and O–H groups in total. The van der Waals surface area contributed by atoms with Gasteiger partial charge in [0.05, 0.1) is 24.8 Å². The Labute approximate surface area is 140 Å². The molecule has 0 fully saturated rings. The van der Waals surface area contributed by atoms with Crippen molar-refractivity contribution in [1.82, 2.24) is 10.3 Å². The first-order valence-corrected chi connectivity index (χ1v) is 7.65. The van der Waals surface area contributed by atoms with Gasteiger partial charge in [-0.05, 0) is 43.7 Å². The van der Waals surface area contributed by atoms with Crippen LogP contribution in [0.25, 0.3) is 0 Å². The van der Waals surface area contributed by atoms with E-state index in [1.807, 2.05) is 26.0 Å². The predicted octanol–water partition coefficient (Wildman–Crippen LogP) is 3.63. The van der Waals surface area contributed by atoms with Gasteiger partial charge in [0.2, 0.25) is 0 Å². The topological polar surface area (TPSA) is 60.5 Å². The molecule has 5 nitrogen and oxygen atoms in total. The molecule has 1 amide bonds. The molecule has 6 heteroatoms. The molecule has 0 aliphatic heterocycles. The van der Waals surface area contributed by atoms with Crippen molar-refractivity contribution in [3.05, 3.63) is 52.8 Å². The minimum atomic E-state index is -0.238. The summed E-state index contributed by atoms with van der Waals surface area (Å²) < 4.78 is 10.7. The van der Waals surface area contributed by atoms with E-state index in [2.05, 4.69) is 10.3 Å². The van der Waals surface area contributed by atoms with Gasteiger partial charge in [-0.2, -0.15) is 0 Å². The number of nitrogens with one attached hydrogen (secondary N) is 1. The van der Waals surface area contributed by atoms with Crippen LogP contribution >= 0.6 is 11.6 Å². The molecule has 1 atom stereocenters. The van der Waals surface area contributed by atoms with Crippen LogP contribution in [-0.4, -0.2) is 24.6 Å². The molecule has 0 radical (unpaired) electrons. The summed E-state index contributed by atoms with van der Waals surface area (Å²) in [6.07, 6.45) is 3.38. The zero-order valence-corrected chi connectivity index (χ0v) is 14.1. The summed E-state index contributed by atoms with van der Waals surface area (Å²) >= 11 is 6.20. The number of rotatable bonds is 6. The average molecular weight is 335 g/mol. The van der Waals surface area contributed by atoms with Crippen LogP contribution in [0, 0.1) is 0 Å². The van der Waals surface area contributed by atoms with E-state index >= 15 is 0 Å². The number of hydrogen-bond acceptors (Lipinski definition) is 4. The van der Waals surface area contributed by atoms with Gasteiger partial charge >= 0.3 is 0 Å². The summed E-state index contributed by atoms with van der Waals surface area (Å²) in [7, 11) is 1.51. The molecule has 2 aromatic rings. The highest BCUT2D eigenvalue weighted by Crippen LogP contribution is 2.36. The van der Waals surface area contributed by atoms with Crippen molar-refractivity contribution in [2.24, 2.45) is 0 Å². The number of aromatic nitrogens is 1. The number of amides is 1. The van der Waals surface area contributed by atoms with Crippen molar-refractivity contribution < 1.29 is 14.3 Å². The van der Waals surface area contributed by atoms with E-state index < -0.39 is 0 Å². The van der Waals surface area contributed by atoms with E-state index in [4.69, 9.17) is 21.1 Å². The Hall–Kier alpha value is -2.27. The van der Waals surface area contributed by atoms with Crippen LogP contribution in [0.5, 0.6) is 11.5 Å². The number of benzene rings is 1. The second-order valence-corrected chi connectivity index (χ2v) is 5.31. The van der Waals surface area contributed by atoms with Gasteiger partial charge < -0.3 is 14.8 Å². The van der Waals surface area contributed by atoms with Crippen LogP contribution < -0.4 is 14.8 Å². The molecule has 0 spiro atoms. The van der Waals surface area contributed by atoms with E-state index in [9.17, 15) is 4.79 Å². The standard InChI is InChI=1S/C17H19ClN2O3/c1-4-23-16-14(18)9-13(10-15(16)22-3)17(21)20-11(2)12-5-7-19-8-6-12/h5-11H,4H2,1-3H3,(H,20,21). The Kier molecular flexibility index (Phi) is 5.82. The monoisotopic (exact) mass is 334 g/mol. The van der Waals surface area contributed by atoms with Crippen LogP contribution in [0.1, 0.15) is 35.8 Å². The number of halogens is 1. The highest BCUT2D eigenvalue weighted by molar-refractivity contribution is 6.32. The van der Waals surface area contributed by atoms with Crippen LogP contribution in [0.15, 0.2) is 36.7 Å². The van der Waals surface area contributed by atoms with Gasteiger partial charge in [0.15, 0.2) is 11.5 Å². The SMILES string of the molecule is CCOc1c(Cl)cc(C(=O)NC(C)c2ccncc2)cc1OC. The number of nitrogens with zero attached hydrogens (tertiary/aromatic N) is 1. The molecular formula is C17H19ClN2O3. The Bertz CT molecular complexity index is 677. The summed E-state index contributed by atoms with van der Waals surface area (Å²) in [6, 6.07) is 6.75. The smallest absolute Gasteiger partial charge is 0.251 e. The molecule has 0 saturated carbocycles. The van der Waals surface area contributed by atoms with Gasteiger partial charge in [-0.3, -0.25) is 9.78 Å². The minimum absolute atomic E-state index is 0.151. The zero-order valence-electron chi connectivity index (χ0n) is 13.3. The quantitative estimate of drug-likeness (QED) is 0.876. The third kappa shape index (κ3) is 4.13. The lowest BCUT2D eigenvalue weighted by atomic mass is 10.1. The Morgan fingerprint density at radius 1 is 1.35 bits per heavy atom. The lowest BCUT2D eigenvalue weighted by Crippen LogP contribution is -2.26. The maximum absolute atomic E-state index is 12.4. The highest BCUT2D eigenvalue weighted by atomic mass is 35.5. The molecule has 0 bridgehead atoms. The minimum Gasteiger partial charge on any atom is -0.493 e. The molecular weight excluding hydrogens is 316 g/mol. The summed E-state index contributed by atoms with van der Waals surface area (Å²) in [6.45, 7) is 4.22. The number of pyridine rings is 1. The normalized spacial score (nSPS) is 11.7. The second kappa shape index (κ2) is 7.83. The summed E-state index contributed by atoms with van der Waals surface area (Å²) in [5.41, 5.74) is 1.38. The van der Waals surface area contributed by atoms with E-state index in [1.54, 1.807) is 24.5 Å². The van der Waals surface area contributed by atoms with Crippen molar-refractivity contribution in [2.45, 2.75) is 19.9 Å². The van der Waals surface area contributed by atoms with Crippen molar-refractivity contribution in [2.75, 3.05) is 13.7 Å². The fourth-order valence-electron chi connectivity index (χ4n) is 2.15. The van der Waals surface area contributed by atoms with Gasteiger partial charge in [-0.15, -0.1) is 0 Å². The van der Waals surface area contributed by atoms with Crippen LogP contribution in [0.4, 0.5) is 0 Å². The first kappa shape index (κ1) is 17.1. The van der Waals surface area contributed by atoms with E-state index in [-0.39, 0.29) is 11.9 Å². The number of methoxy groups -OCH3 is 1. The molecule has 0 saturated heterocycles. The lowest BCUT2D eigenvalue weighted by Gasteiger charge is -2.16. The second-order valence-electron chi connectivity index (χ2n) is 4.90. The van der Waals surface area contributed by atoms with Crippen molar-refractivity contribution in [3.63, 3.8) is 0 Å². The van der Waals surface area contributed by atoms with Crippen molar-refractivity contribution in [1.29, 1.82) is 0 Å². The third-order valence-corrected chi connectivity index (χ3v) is 3.61. The van der Waals surface area contributed by atoms with Crippen LogP contribution in [-0.2, 0) is 0 Å². The number of hydrogen-bond donors (Lipinski definition) is 1. The lowest BCUT2D eigenvalue weighted by molar-refractivity contribution is 0.0939. The highest BCUT2D eigenvalue weighted by Gasteiger charge is 2.17. The van der Waals surface area contributed by atoms with Crippen LogP contribution in [0.3, 0.4) is 0 Å². The Balaban J connectivity index is 2.21. The molecule has 122 valence electrons. The van der Waals surface area contributed by atoms with E-state index in [0.717, 1.165) is 5.56 Å². The fourth-order valence-corrected chi connectivity index (χ4v) is 2.42. The molecule has 1 unspecified atom stereocenters. The Morgan fingerprint density at radius 2 is 2.04 bits per heavy atom. The summed E-state index contributed by atoms with van der Waals surface area (Å²) in [5.74, 6) is 0.633. The molecule has 2 rings (SSSR count). The number of carbonyl (C=O) groups excluding carboxylic acids is 1. The molecule has 0 aliphatic carbocycles. The molecule has 1 aromatic heterocycles. The predicted molar refractivity (Wildman–Crippen MR) is 89.3 cm³/mol. The zero-order chi connectivity index (χ0) is 16.8. The maximum atomic E-state index is 12.4. The van der Waals surface area contributed by atoms with Gasteiger partial charge in [0, 0.05) is 18.0 Å². The largest absolute Gasteiger partial charge is 0.493 e. The Morgan fingerprint density at radius 3 is 2.65 bits per heavy atom. The van der Waals surface area contributed by atoms with Gasteiger partial charge in [-0.25, -0.2) is 0 Å². The number of ether oxygens (including phenoxy) is 2. The first-order chi connectivity index (χ1) is 11.1. The van der Waals surface area contributed by atoms with Crippen molar-refractivity contribution >= 4 is 17.5 Å². The van der Waals surface area contributed by atoms with Crippen molar-refractivity contribution in [3.8, 4) is 11.5 Å². The van der Waals surface area contributed by atoms with Gasteiger partial charge in [0.25, 0.3) is 5.91 Å². The van der Waals surface area contributed by atoms with Gasteiger partial charge in [-0.1, -0.05) is 11.6 Å². The average Bonchev–Trinajstić information content (AvgIpc) is 2.57. The summed E-state index contributed by atoms with van der Waals surface area (Å²) in [5, 5.41) is 3.26. The molecule has 1 aromatic carbocycles. The molecule has 1 heterocycles. The first-order valence-electron chi connectivity index (χ1n) is 7.28. The van der Waals surface area contributed by atoms with Gasteiger partial charge in [0.1, 0.15) is 0 Å². The van der Waals surface area contributed by atoms with Crippen LogP contribution in [0.2, 0.25) is 5.02 Å². The number of carbonyl (C=O) groups is 1. The third-order valence-electron chi connectivity index (χ3n) is 3.33. The van der Waals surface area contributed by atoms with E-state index in [1.165, 1.54) is 7.11 Å². The van der Waals surface area contributed by atoms with E-state index in [0.29, 0.717) is 28.7 Å².